The van der Waals surface area contributed by atoms with Crippen molar-refractivity contribution in [2.75, 3.05) is 57.3 Å². The van der Waals surface area contributed by atoms with Gasteiger partial charge in [-0.2, -0.15) is 13.2 Å². The Morgan fingerprint density at radius 2 is 1.71 bits per heavy atom. The Kier molecular flexibility index (Phi) is 8.56. The highest BCUT2D eigenvalue weighted by Crippen LogP contribution is 2.29. The molecule has 0 bridgehead atoms. The van der Waals surface area contributed by atoms with Crippen molar-refractivity contribution in [3.63, 3.8) is 0 Å². The van der Waals surface area contributed by atoms with Crippen molar-refractivity contribution in [2.24, 2.45) is 5.92 Å². The topological polar surface area (TPSA) is 122 Å². The Morgan fingerprint density at radius 1 is 1.09 bits per heavy atom. The highest BCUT2D eigenvalue weighted by molar-refractivity contribution is 6.34. The number of nitrogens with one attached hydrogen (secondary N) is 2. The maximum Gasteiger partial charge on any atom is 0.490 e. The molecular weight excluding hydrogens is 495 g/mol. The van der Waals surface area contributed by atoms with Crippen molar-refractivity contribution >= 4 is 41.1 Å². The molecule has 0 saturated carbocycles. The second kappa shape index (κ2) is 11.2. The molecule has 0 spiro atoms. The summed E-state index contributed by atoms with van der Waals surface area (Å²) in [6.45, 7) is 6.63. The zero-order valence-corrected chi connectivity index (χ0v) is 19.4. The van der Waals surface area contributed by atoms with E-state index in [2.05, 4.69) is 15.5 Å². The highest BCUT2D eigenvalue weighted by atomic mass is 35.5. The summed E-state index contributed by atoms with van der Waals surface area (Å²) in [5.74, 6) is -2.40. The van der Waals surface area contributed by atoms with Crippen LogP contribution in [0.3, 0.4) is 0 Å². The molecule has 3 N–H and O–H groups in total. The Morgan fingerprint density at radius 3 is 2.23 bits per heavy atom. The van der Waals surface area contributed by atoms with Gasteiger partial charge >= 0.3 is 18.2 Å². The summed E-state index contributed by atoms with van der Waals surface area (Å²) in [7, 11) is 0. The third-order valence-corrected chi connectivity index (χ3v) is 6.14. The van der Waals surface area contributed by atoms with Gasteiger partial charge in [0.15, 0.2) is 0 Å². The van der Waals surface area contributed by atoms with Gasteiger partial charge in [-0.1, -0.05) is 11.6 Å². The van der Waals surface area contributed by atoms with Gasteiger partial charge in [0.25, 0.3) is 5.91 Å². The van der Waals surface area contributed by atoms with Crippen LogP contribution < -0.4 is 15.5 Å². The van der Waals surface area contributed by atoms with Crippen LogP contribution in [-0.4, -0.2) is 97.3 Å². The van der Waals surface area contributed by atoms with Crippen molar-refractivity contribution in [2.45, 2.75) is 12.6 Å². The second-order valence-electron chi connectivity index (χ2n) is 8.34. The van der Waals surface area contributed by atoms with Gasteiger partial charge in [-0.25, -0.2) is 9.59 Å². The van der Waals surface area contributed by atoms with E-state index in [4.69, 9.17) is 21.5 Å². The van der Waals surface area contributed by atoms with E-state index < -0.39 is 18.2 Å². The molecule has 0 unspecified atom stereocenters. The lowest BCUT2D eigenvalue weighted by atomic mass is 10.0. The number of hydrogen-bond acceptors (Lipinski definition) is 6. The summed E-state index contributed by atoms with van der Waals surface area (Å²) >= 11 is 6.27. The first-order valence-electron chi connectivity index (χ1n) is 10.9. The standard InChI is InChI=1S/C19H24ClN5O3.C2HF3O2/c20-15-2-1-14(9-16(15)25-4-3-17(26)22-19(25)28)18(27)24-7-5-23(6-8-24)12-13-10-21-11-13;3-2(4,5)1(6)7/h1-2,9,13,21H,3-8,10-12H2,(H,22,26,28);(H,6,7). The van der Waals surface area contributed by atoms with Crippen LogP contribution in [0, 0.1) is 5.92 Å². The molecule has 3 saturated heterocycles. The summed E-state index contributed by atoms with van der Waals surface area (Å²) in [4.78, 5) is 51.0. The van der Waals surface area contributed by atoms with Crippen LogP contribution in [0.15, 0.2) is 18.2 Å². The van der Waals surface area contributed by atoms with Gasteiger partial charge in [0, 0.05) is 64.3 Å². The van der Waals surface area contributed by atoms with Crippen LogP contribution in [0.1, 0.15) is 16.8 Å². The summed E-state index contributed by atoms with van der Waals surface area (Å²) in [5, 5.41) is 13.1. The fraction of sp³-hybridized carbons (Fsp3) is 0.524. The minimum Gasteiger partial charge on any atom is -0.475 e. The number of imide groups is 1. The predicted molar refractivity (Wildman–Crippen MR) is 119 cm³/mol. The number of carbonyl (C=O) groups excluding carboxylic acids is 3. The molecule has 4 amide bonds. The fourth-order valence-corrected chi connectivity index (χ4v) is 4.02. The molecule has 1 aromatic carbocycles. The van der Waals surface area contributed by atoms with E-state index in [0.29, 0.717) is 29.4 Å². The maximum absolute atomic E-state index is 13.0. The number of anilines is 1. The Balaban J connectivity index is 0.000000429. The van der Waals surface area contributed by atoms with E-state index >= 15 is 0 Å². The van der Waals surface area contributed by atoms with Crippen LogP contribution in [0.4, 0.5) is 23.7 Å². The second-order valence-corrected chi connectivity index (χ2v) is 8.75. The van der Waals surface area contributed by atoms with Crippen LogP contribution in [0.25, 0.3) is 0 Å². The van der Waals surface area contributed by atoms with Gasteiger partial charge in [-0.3, -0.25) is 24.7 Å². The molecule has 35 heavy (non-hydrogen) atoms. The minimum absolute atomic E-state index is 0.0589. The molecule has 4 rings (SSSR count). The van der Waals surface area contributed by atoms with Crippen molar-refractivity contribution in [1.29, 1.82) is 0 Å². The number of nitrogens with zero attached hydrogens (tertiary/aromatic N) is 3. The first-order chi connectivity index (χ1) is 16.5. The van der Waals surface area contributed by atoms with Crippen molar-refractivity contribution in [3.05, 3.63) is 28.8 Å². The minimum atomic E-state index is -5.08. The number of urea groups is 1. The van der Waals surface area contributed by atoms with E-state index in [1.54, 1.807) is 18.2 Å². The number of halogens is 4. The van der Waals surface area contributed by atoms with Gasteiger partial charge in [0.1, 0.15) is 0 Å². The lowest BCUT2D eigenvalue weighted by molar-refractivity contribution is -0.192. The average Bonchev–Trinajstić information content (AvgIpc) is 2.77. The molecule has 192 valence electrons. The molecule has 3 fully saturated rings. The van der Waals surface area contributed by atoms with E-state index in [1.807, 2.05) is 4.90 Å². The molecular formula is C21H25ClF3N5O5. The first-order valence-corrected chi connectivity index (χ1v) is 11.3. The quantitative estimate of drug-likeness (QED) is 0.549. The van der Waals surface area contributed by atoms with Gasteiger partial charge in [0.2, 0.25) is 5.91 Å². The van der Waals surface area contributed by atoms with E-state index in [-0.39, 0.29) is 24.8 Å². The monoisotopic (exact) mass is 519 g/mol. The zero-order valence-electron chi connectivity index (χ0n) is 18.6. The lowest BCUT2D eigenvalue weighted by Crippen LogP contribution is -2.54. The number of carboxylic acid groups (broad SMARTS) is 1. The number of benzene rings is 1. The number of hydrogen-bond donors (Lipinski definition) is 3. The number of amides is 4. The summed E-state index contributed by atoms with van der Waals surface area (Å²) < 4.78 is 31.7. The summed E-state index contributed by atoms with van der Waals surface area (Å²) in [5.41, 5.74) is 0.953. The van der Waals surface area contributed by atoms with Gasteiger partial charge < -0.3 is 15.3 Å². The normalized spacial score (nSPS) is 19.4. The third kappa shape index (κ3) is 7.05. The fourth-order valence-electron chi connectivity index (χ4n) is 3.81. The highest BCUT2D eigenvalue weighted by Gasteiger charge is 2.38. The number of carbonyl (C=O) groups is 4. The Bertz CT molecular complexity index is 981. The molecule has 0 aromatic heterocycles. The zero-order chi connectivity index (χ0) is 25.8. The lowest BCUT2D eigenvalue weighted by Gasteiger charge is -2.38. The number of rotatable bonds is 4. The number of aliphatic carboxylic acids is 1. The molecule has 1 aromatic rings. The number of piperazine rings is 1. The molecule has 3 aliphatic rings. The van der Waals surface area contributed by atoms with Crippen molar-refractivity contribution in [3.8, 4) is 0 Å². The number of alkyl halides is 3. The van der Waals surface area contributed by atoms with Crippen LogP contribution in [0.2, 0.25) is 5.02 Å². The van der Waals surface area contributed by atoms with E-state index in [0.717, 1.165) is 38.6 Å². The first kappa shape index (κ1) is 26.7. The molecule has 10 nitrogen and oxygen atoms in total. The van der Waals surface area contributed by atoms with E-state index in [1.165, 1.54) is 4.90 Å². The predicted octanol–water partition coefficient (Wildman–Crippen LogP) is 1.40. The summed E-state index contributed by atoms with van der Waals surface area (Å²) in [6.07, 6.45) is -4.88. The Hall–Kier alpha value is -2.90. The molecule has 0 atom stereocenters. The molecule has 0 radical (unpaired) electrons. The van der Waals surface area contributed by atoms with Crippen LogP contribution in [0.5, 0.6) is 0 Å². The number of carboxylic acids is 1. The van der Waals surface area contributed by atoms with Gasteiger partial charge in [-0.15, -0.1) is 0 Å². The molecule has 14 heteroatoms. The molecule has 3 aliphatic heterocycles. The Labute approximate surface area is 204 Å². The summed E-state index contributed by atoms with van der Waals surface area (Å²) in [6, 6.07) is 4.45. The van der Waals surface area contributed by atoms with Gasteiger partial charge in [-0.05, 0) is 24.1 Å². The third-order valence-electron chi connectivity index (χ3n) is 5.82. The maximum atomic E-state index is 13.0. The molecule has 3 heterocycles. The van der Waals surface area contributed by atoms with Crippen molar-refractivity contribution in [1.82, 2.24) is 20.4 Å². The SMILES string of the molecule is O=C(O)C(F)(F)F.O=C1CCN(c2cc(C(=O)N3CCN(CC4CNC4)CC3)ccc2Cl)C(=O)N1. The van der Waals surface area contributed by atoms with Crippen LogP contribution >= 0.6 is 11.6 Å². The van der Waals surface area contributed by atoms with Crippen molar-refractivity contribution < 1.29 is 37.5 Å². The smallest absolute Gasteiger partial charge is 0.475 e. The average molecular weight is 520 g/mol. The molecule has 0 aliphatic carbocycles. The van der Waals surface area contributed by atoms with Crippen LogP contribution in [-0.2, 0) is 9.59 Å². The van der Waals surface area contributed by atoms with Gasteiger partial charge in [0.05, 0.1) is 10.7 Å². The largest absolute Gasteiger partial charge is 0.490 e. The van der Waals surface area contributed by atoms with E-state index in [9.17, 15) is 27.6 Å².